The third-order valence-electron chi connectivity index (χ3n) is 3.73. The predicted octanol–water partition coefficient (Wildman–Crippen LogP) is 2.83. The van der Waals surface area contributed by atoms with E-state index in [1.807, 2.05) is 0 Å². The molecule has 4 heteroatoms. The predicted molar refractivity (Wildman–Crippen MR) is 77.1 cm³/mol. The molecule has 0 spiro atoms. The molecule has 0 saturated heterocycles. The van der Waals surface area contributed by atoms with Crippen LogP contribution in [0.2, 0.25) is 0 Å². The molecule has 0 aliphatic heterocycles. The van der Waals surface area contributed by atoms with E-state index in [-0.39, 0.29) is 23.1 Å². The van der Waals surface area contributed by atoms with E-state index in [1.165, 1.54) is 13.2 Å². The Balaban J connectivity index is 2.71. The summed E-state index contributed by atoms with van der Waals surface area (Å²) >= 11 is 0. The topological polar surface area (TPSA) is 24.5 Å². The number of halogens is 1. The number of hydrogen-bond donors (Lipinski definition) is 1. The first-order chi connectivity index (χ1) is 8.77. The molecule has 3 nitrogen and oxygen atoms in total. The minimum atomic E-state index is -0.327. The number of benzene rings is 1. The highest BCUT2D eigenvalue weighted by Gasteiger charge is 2.21. The zero-order valence-corrected chi connectivity index (χ0v) is 12.7. The lowest BCUT2D eigenvalue weighted by Gasteiger charge is -2.34. The van der Waals surface area contributed by atoms with Crippen LogP contribution in [0, 0.1) is 5.82 Å². The Morgan fingerprint density at radius 2 is 2.00 bits per heavy atom. The second-order valence-corrected chi connectivity index (χ2v) is 5.70. The quantitative estimate of drug-likeness (QED) is 0.858. The van der Waals surface area contributed by atoms with E-state index in [2.05, 4.69) is 45.1 Å². The smallest absolute Gasteiger partial charge is 0.165 e. The molecule has 1 aromatic rings. The Morgan fingerprint density at radius 1 is 1.37 bits per heavy atom. The number of methoxy groups -OCH3 is 1. The minimum absolute atomic E-state index is 0.0678. The average molecular weight is 268 g/mol. The Bertz CT molecular complexity index is 419. The van der Waals surface area contributed by atoms with Gasteiger partial charge >= 0.3 is 0 Å². The Labute approximate surface area is 115 Å². The van der Waals surface area contributed by atoms with Crippen molar-refractivity contribution in [3.8, 4) is 5.75 Å². The summed E-state index contributed by atoms with van der Waals surface area (Å²) in [4.78, 5) is 2.18. The summed E-state index contributed by atoms with van der Waals surface area (Å²) in [5, 5.41) is 3.47. The minimum Gasteiger partial charge on any atom is -0.494 e. The summed E-state index contributed by atoms with van der Waals surface area (Å²) in [6, 6.07) is 5.13. The van der Waals surface area contributed by atoms with E-state index in [4.69, 9.17) is 4.74 Å². The van der Waals surface area contributed by atoms with E-state index >= 15 is 0 Å². The van der Waals surface area contributed by atoms with Crippen molar-refractivity contribution in [2.45, 2.75) is 32.4 Å². The van der Waals surface area contributed by atoms with Crippen LogP contribution in [0.25, 0.3) is 0 Å². The van der Waals surface area contributed by atoms with Crippen molar-refractivity contribution >= 4 is 0 Å². The van der Waals surface area contributed by atoms with Crippen molar-refractivity contribution in [2.24, 2.45) is 0 Å². The van der Waals surface area contributed by atoms with Gasteiger partial charge in [-0.05, 0) is 52.6 Å². The summed E-state index contributed by atoms with van der Waals surface area (Å²) in [5.41, 5.74) is 1.09. The van der Waals surface area contributed by atoms with Crippen LogP contribution in [0.5, 0.6) is 5.75 Å². The molecule has 0 radical (unpaired) electrons. The average Bonchev–Trinajstić information content (AvgIpc) is 2.36. The molecular weight excluding hydrogens is 243 g/mol. The van der Waals surface area contributed by atoms with Crippen LogP contribution in [0.4, 0.5) is 4.39 Å². The van der Waals surface area contributed by atoms with Crippen molar-refractivity contribution in [3.05, 3.63) is 29.6 Å². The molecule has 19 heavy (non-hydrogen) atoms. The van der Waals surface area contributed by atoms with Crippen molar-refractivity contribution in [1.29, 1.82) is 0 Å². The number of rotatable bonds is 6. The van der Waals surface area contributed by atoms with Crippen LogP contribution in [0.3, 0.4) is 0 Å². The van der Waals surface area contributed by atoms with Gasteiger partial charge in [0.1, 0.15) is 0 Å². The number of hydrogen-bond acceptors (Lipinski definition) is 3. The molecule has 1 rings (SSSR count). The van der Waals surface area contributed by atoms with Gasteiger partial charge in [-0.15, -0.1) is 0 Å². The van der Waals surface area contributed by atoms with Crippen LogP contribution >= 0.6 is 0 Å². The number of ether oxygens (including phenoxy) is 1. The lowest BCUT2D eigenvalue weighted by atomic mass is 10.0. The number of nitrogens with one attached hydrogen (secondary N) is 1. The van der Waals surface area contributed by atoms with Gasteiger partial charge in [-0.2, -0.15) is 0 Å². The molecule has 0 aliphatic rings. The third-order valence-corrected chi connectivity index (χ3v) is 3.73. The van der Waals surface area contributed by atoms with Gasteiger partial charge in [-0.1, -0.05) is 6.07 Å². The monoisotopic (exact) mass is 268 g/mol. The molecule has 0 saturated carbocycles. The molecule has 1 aromatic carbocycles. The van der Waals surface area contributed by atoms with Crippen LogP contribution < -0.4 is 10.1 Å². The second kappa shape index (κ2) is 6.35. The standard InChI is InChI=1S/C15H25FN2O/c1-11(17-10-15(2,3)18(4)5)12-7-8-13(16)14(9-12)19-6/h7-9,11,17H,10H2,1-6H3. The van der Waals surface area contributed by atoms with Crippen molar-refractivity contribution < 1.29 is 9.13 Å². The molecule has 0 aromatic heterocycles. The van der Waals surface area contributed by atoms with E-state index in [9.17, 15) is 4.39 Å². The summed E-state index contributed by atoms with van der Waals surface area (Å²) in [6.45, 7) is 7.27. The second-order valence-electron chi connectivity index (χ2n) is 5.70. The van der Waals surface area contributed by atoms with Gasteiger partial charge in [0.05, 0.1) is 7.11 Å². The van der Waals surface area contributed by atoms with E-state index in [1.54, 1.807) is 12.1 Å². The molecule has 1 unspecified atom stereocenters. The highest BCUT2D eigenvalue weighted by Crippen LogP contribution is 2.23. The molecule has 1 atom stereocenters. The number of likely N-dealkylation sites (N-methyl/N-ethyl adjacent to an activating group) is 1. The first-order valence-electron chi connectivity index (χ1n) is 6.52. The van der Waals surface area contributed by atoms with Gasteiger partial charge in [0.25, 0.3) is 0 Å². The maximum Gasteiger partial charge on any atom is 0.165 e. The van der Waals surface area contributed by atoms with E-state index < -0.39 is 0 Å². The maximum atomic E-state index is 13.4. The van der Waals surface area contributed by atoms with Crippen LogP contribution in [-0.2, 0) is 0 Å². The summed E-state index contributed by atoms with van der Waals surface area (Å²) < 4.78 is 18.4. The Hall–Kier alpha value is -1.13. The SMILES string of the molecule is COc1cc(C(C)NCC(C)(C)N(C)C)ccc1F. The first-order valence-corrected chi connectivity index (χ1v) is 6.52. The maximum absolute atomic E-state index is 13.4. The van der Waals surface area contributed by atoms with Gasteiger partial charge in [0.2, 0.25) is 0 Å². The summed E-state index contributed by atoms with van der Waals surface area (Å²) in [7, 11) is 5.61. The lowest BCUT2D eigenvalue weighted by molar-refractivity contribution is 0.185. The van der Waals surface area contributed by atoms with Crippen molar-refractivity contribution in [1.82, 2.24) is 10.2 Å². The molecular formula is C15H25FN2O. The molecule has 0 amide bonds. The fourth-order valence-corrected chi connectivity index (χ4v) is 1.62. The van der Waals surface area contributed by atoms with Crippen LogP contribution in [-0.4, -0.2) is 38.2 Å². The molecule has 0 fully saturated rings. The Kier molecular flexibility index (Phi) is 5.32. The number of nitrogens with zero attached hydrogens (tertiary/aromatic N) is 1. The van der Waals surface area contributed by atoms with Gasteiger partial charge in [-0.3, -0.25) is 0 Å². The normalized spacial score (nSPS) is 13.7. The summed E-state index contributed by atoms with van der Waals surface area (Å²) in [5.74, 6) is -0.0370. The van der Waals surface area contributed by atoms with Crippen molar-refractivity contribution in [2.75, 3.05) is 27.7 Å². The fraction of sp³-hybridized carbons (Fsp3) is 0.600. The van der Waals surface area contributed by atoms with Gasteiger partial charge in [0.15, 0.2) is 11.6 Å². The highest BCUT2D eigenvalue weighted by molar-refractivity contribution is 5.31. The molecule has 0 bridgehead atoms. The van der Waals surface area contributed by atoms with Gasteiger partial charge < -0.3 is 15.0 Å². The van der Waals surface area contributed by atoms with Crippen molar-refractivity contribution in [3.63, 3.8) is 0 Å². The van der Waals surface area contributed by atoms with Crippen LogP contribution in [0.15, 0.2) is 18.2 Å². The first kappa shape index (κ1) is 15.9. The van der Waals surface area contributed by atoms with E-state index in [0.717, 1.165) is 12.1 Å². The highest BCUT2D eigenvalue weighted by atomic mass is 19.1. The van der Waals surface area contributed by atoms with Gasteiger partial charge in [-0.25, -0.2) is 4.39 Å². The summed E-state index contributed by atoms with van der Waals surface area (Å²) in [6.07, 6.45) is 0. The molecule has 108 valence electrons. The van der Waals surface area contributed by atoms with Crippen LogP contribution in [0.1, 0.15) is 32.4 Å². The molecule has 0 aliphatic carbocycles. The zero-order valence-electron chi connectivity index (χ0n) is 12.7. The molecule has 1 N–H and O–H groups in total. The lowest BCUT2D eigenvalue weighted by Crippen LogP contribution is -2.47. The largest absolute Gasteiger partial charge is 0.494 e. The van der Waals surface area contributed by atoms with E-state index in [0.29, 0.717) is 0 Å². The third kappa shape index (κ3) is 4.18. The zero-order chi connectivity index (χ0) is 14.6. The fourth-order valence-electron chi connectivity index (χ4n) is 1.62. The Morgan fingerprint density at radius 3 is 2.53 bits per heavy atom. The van der Waals surface area contributed by atoms with Gasteiger partial charge in [0, 0.05) is 18.1 Å². The molecule has 0 heterocycles.